The predicted molar refractivity (Wildman–Crippen MR) is 305 cm³/mol. The van der Waals surface area contributed by atoms with Crippen molar-refractivity contribution in [1.82, 2.24) is 9.80 Å². The fourth-order valence-electron chi connectivity index (χ4n) is 8.72. The van der Waals surface area contributed by atoms with Crippen LogP contribution in [0.4, 0.5) is 0 Å². The molecule has 70 heavy (non-hydrogen) atoms. The molecule has 0 saturated carbocycles. The lowest BCUT2D eigenvalue weighted by Gasteiger charge is -2.26. The molecule has 8 nitrogen and oxygen atoms in total. The van der Waals surface area contributed by atoms with Gasteiger partial charge >= 0.3 is 5.97 Å². The van der Waals surface area contributed by atoms with Gasteiger partial charge in [-0.1, -0.05) is 181 Å². The van der Waals surface area contributed by atoms with Crippen LogP contribution in [0.5, 0.6) is 0 Å². The average Bonchev–Trinajstić information content (AvgIpc) is 3.70. The monoisotopic (exact) mass is 1000 g/mol. The van der Waals surface area contributed by atoms with Crippen LogP contribution in [0.15, 0.2) is 24.3 Å². The number of esters is 1. The summed E-state index contributed by atoms with van der Waals surface area (Å²) in [5.74, 6) is 0.939. The van der Waals surface area contributed by atoms with E-state index < -0.39 is 0 Å². The Labute approximate surface area is 438 Å². The minimum atomic E-state index is -0.148. The van der Waals surface area contributed by atoms with Crippen molar-refractivity contribution in [1.29, 1.82) is 0 Å². The number of Topliss-reactive ketones (excluding diaryl/α,β-unsaturated/α-hetero) is 1. The van der Waals surface area contributed by atoms with Crippen LogP contribution >= 0.6 is 11.3 Å². The molecule has 1 aromatic rings. The highest BCUT2D eigenvalue weighted by atomic mass is 32.1. The Kier molecular flexibility index (Phi) is 54.5. The Morgan fingerprint density at radius 1 is 0.657 bits per heavy atom. The van der Waals surface area contributed by atoms with Crippen molar-refractivity contribution >= 4 is 29.9 Å². The Balaban J connectivity index is 0. The lowest BCUT2D eigenvalue weighted by molar-refractivity contribution is -0.117. The highest BCUT2D eigenvalue weighted by Gasteiger charge is 2.27. The van der Waals surface area contributed by atoms with E-state index in [1.165, 1.54) is 171 Å². The van der Waals surface area contributed by atoms with Crippen molar-refractivity contribution in [2.24, 2.45) is 5.92 Å². The number of aryl methyl sites for hydroxylation is 1. The maximum absolute atomic E-state index is 12.8. The van der Waals surface area contributed by atoms with Crippen LogP contribution in [-0.2, 0) is 36.8 Å². The molecule has 1 aromatic heterocycles. The summed E-state index contributed by atoms with van der Waals surface area (Å²) in [4.78, 5) is 38.4. The van der Waals surface area contributed by atoms with Crippen molar-refractivity contribution < 1.29 is 28.6 Å². The van der Waals surface area contributed by atoms with Crippen molar-refractivity contribution in [3.8, 4) is 0 Å². The number of carbonyl (C=O) groups excluding carboxylic acids is 3. The van der Waals surface area contributed by atoms with Gasteiger partial charge in [0.25, 0.3) is 0 Å². The number of carbonyl (C=O) groups is 3. The summed E-state index contributed by atoms with van der Waals surface area (Å²) in [6.45, 7) is 23.1. The lowest BCUT2D eigenvalue weighted by atomic mass is 9.95. The summed E-state index contributed by atoms with van der Waals surface area (Å²) >= 11 is 1.75. The van der Waals surface area contributed by atoms with Crippen LogP contribution in [0.25, 0.3) is 0 Å². The highest BCUT2D eigenvalue weighted by molar-refractivity contribution is 7.12. The largest absolute Gasteiger partial charge is 0.462 e. The molecule has 0 spiro atoms. The normalized spacial score (nSPS) is 12.4. The van der Waals surface area contributed by atoms with E-state index in [4.69, 9.17) is 19.0 Å². The number of thiophene rings is 1. The van der Waals surface area contributed by atoms with Crippen molar-refractivity contribution in [2.45, 2.75) is 260 Å². The molecule has 1 aliphatic rings. The van der Waals surface area contributed by atoms with Gasteiger partial charge < -0.3 is 28.7 Å². The third-order valence-electron chi connectivity index (χ3n) is 12.9. The Morgan fingerprint density at radius 3 is 1.73 bits per heavy atom. The molecule has 1 aliphatic heterocycles. The second-order valence-corrected chi connectivity index (χ2v) is 21.0. The Bertz CT molecular complexity index is 1330. The minimum absolute atomic E-state index is 0.148. The molecule has 0 saturated heterocycles. The van der Waals surface area contributed by atoms with Crippen molar-refractivity contribution in [3.05, 3.63) is 45.2 Å². The zero-order chi connectivity index (χ0) is 52.1. The summed E-state index contributed by atoms with van der Waals surface area (Å²) < 4.78 is 17.9. The SMILES string of the molecule is C=O.CC.CCCCC/C=C\C/C=C\CCCCCCCC(C)=O.CCCCCCCCC(CCCCCCCC)COCCCCCCOCN1CCc2c(sc(C)c2C(=O)OCCCN(C)C)C1. The van der Waals surface area contributed by atoms with Crippen LogP contribution in [0, 0.1) is 12.8 Å². The van der Waals surface area contributed by atoms with Gasteiger partial charge in [-0.05, 0) is 116 Å². The quantitative estimate of drug-likeness (QED) is 0.0363. The molecule has 2 rings (SSSR count). The zero-order valence-electron chi connectivity index (χ0n) is 47.6. The van der Waals surface area contributed by atoms with Gasteiger partial charge in [-0.2, -0.15) is 0 Å². The number of rotatable bonds is 44. The first-order chi connectivity index (χ1) is 34.2. The molecule has 0 radical (unpaired) electrons. The average molecular weight is 1000 g/mol. The number of ether oxygens (including phenoxy) is 3. The second-order valence-electron chi connectivity index (χ2n) is 19.7. The molecule has 0 atom stereocenters. The summed E-state index contributed by atoms with van der Waals surface area (Å²) in [6.07, 6.45) is 49.5. The van der Waals surface area contributed by atoms with Crippen molar-refractivity contribution in [3.63, 3.8) is 0 Å². The van der Waals surface area contributed by atoms with E-state index in [0.29, 0.717) is 19.1 Å². The summed E-state index contributed by atoms with van der Waals surface area (Å²) in [7, 11) is 4.08. The fraction of sp³-hybridized carbons (Fsp3) is 0.820. The third kappa shape index (κ3) is 43.4. The molecule has 9 heteroatoms. The van der Waals surface area contributed by atoms with E-state index in [0.717, 1.165) is 101 Å². The van der Waals surface area contributed by atoms with E-state index in [2.05, 4.69) is 61.8 Å². The minimum Gasteiger partial charge on any atom is -0.462 e. The second kappa shape index (κ2) is 54.6. The summed E-state index contributed by atoms with van der Waals surface area (Å²) in [5.41, 5.74) is 2.02. The number of allylic oxidation sites excluding steroid dienone is 4. The topological polar surface area (TPSA) is 85.4 Å². The first-order valence-electron chi connectivity index (χ1n) is 29.1. The molecule has 0 aromatic carbocycles. The van der Waals surface area contributed by atoms with E-state index in [9.17, 15) is 9.59 Å². The van der Waals surface area contributed by atoms with Crippen LogP contribution in [0.1, 0.15) is 266 Å². The molecule has 0 amide bonds. The Hall–Kier alpha value is -2.17. The van der Waals surface area contributed by atoms with Gasteiger partial charge in [0.15, 0.2) is 0 Å². The molecule has 2 heterocycles. The van der Waals surface area contributed by atoms with Crippen LogP contribution in [0.2, 0.25) is 0 Å². The molecule has 0 unspecified atom stereocenters. The zero-order valence-corrected chi connectivity index (χ0v) is 48.4. The molecule has 0 fully saturated rings. The molecule has 0 N–H and O–H groups in total. The predicted octanol–water partition coefficient (Wildman–Crippen LogP) is 17.4. The third-order valence-corrected chi connectivity index (χ3v) is 14.0. The number of unbranched alkanes of at least 4 members (excludes halogenated alkanes) is 21. The van der Waals surface area contributed by atoms with Gasteiger partial charge in [0.1, 0.15) is 12.6 Å². The highest BCUT2D eigenvalue weighted by Crippen LogP contribution is 2.33. The maximum Gasteiger partial charge on any atom is 0.339 e. The number of hydrogen-bond acceptors (Lipinski definition) is 9. The van der Waals surface area contributed by atoms with E-state index >= 15 is 0 Å². The lowest BCUT2D eigenvalue weighted by Crippen LogP contribution is -2.32. The van der Waals surface area contributed by atoms with E-state index in [-0.39, 0.29) is 5.97 Å². The molecule has 0 aliphatic carbocycles. The standard InChI is InChI=1S/C39H72N2O4S.C19H34O.C2H6.CH2O/c1-6-8-10-12-14-18-23-35(24-19-15-13-11-9-7-2)32-43-28-20-16-17-21-29-44-33-41-27-25-36-37(31-41)46-34(3)38(36)39(42)45-30-22-26-40(4)5;1-3-4-5-6-7-8-9-10-11-12-13-14-15-16-17-18-19(2)20;2*1-2/h35H,6-33H2,1-5H3;7-8,10-11H,3-6,9,12-18H2,1-2H3;1-2H3;1H2/b;8-7-,11-10-;;. The van der Waals surface area contributed by atoms with Crippen LogP contribution in [0.3, 0.4) is 0 Å². The van der Waals surface area contributed by atoms with Crippen LogP contribution in [-0.4, -0.2) is 88.7 Å². The number of ketones is 1. The number of nitrogens with zero attached hydrogens (tertiary/aromatic N) is 2. The molecular formula is C61H114N2O6S. The summed E-state index contributed by atoms with van der Waals surface area (Å²) in [5, 5.41) is 0. The van der Waals surface area contributed by atoms with Gasteiger partial charge in [-0.15, -0.1) is 11.3 Å². The van der Waals surface area contributed by atoms with Gasteiger partial charge in [0, 0.05) is 55.6 Å². The number of hydrogen-bond donors (Lipinski definition) is 0. The van der Waals surface area contributed by atoms with Gasteiger partial charge in [0.05, 0.1) is 18.9 Å². The molecular weight excluding hydrogens is 889 g/mol. The first-order valence-corrected chi connectivity index (χ1v) is 29.9. The van der Waals surface area contributed by atoms with E-state index in [1.54, 1.807) is 18.3 Å². The van der Waals surface area contributed by atoms with Crippen LogP contribution < -0.4 is 0 Å². The summed E-state index contributed by atoms with van der Waals surface area (Å²) in [6, 6.07) is 0. The number of fused-ring (bicyclic) bond motifs is 1. The Morgan fingerprint density at radius 2 is 1.16 bits per heavy atom. The van der Waals surface area contributed by atoms with Gasteiger partial charge in [-0.3, -0.25) is 4.90 Å². The molecule has 410 valence electrons. The van der Waals surface area contributed by atoms with Gasteiger partial charge in [0.2, 0.25) is 0 Å². The fourth-order valence-corrected chi connectivity index (χ4v) is 9.97. The van der Waals surface area contributed by atoms with Crippen molar-refractivity contribution in [2.75, 3.05) is 60.3 Å². The first kappa shape index (κ1) is 69.9. The van der Waals surface area contributed by atoms with Gasteiger partial charge in [-0.25, -0.2) is 4.79 Å². The smallest absolute Gasteiger partial charge is 0.339 e. The molecule has 0 bridgehead atoms. The maximum atomic E-state index is 12.8. The van der Waals surface area contributed by atoms with E-state index in [1.807, 2.05) is 34.7 Å².